The second kappa shape index (κ2) is 3.88. The maximum atomic E-state index is 5.69. The van der Waals surface area contributed by atoms with E-state index in [1.54, 1.807) is 6.92 Å². The number of thioether (sulfide) groups is 1. The molecule has 0 saturated carbocycles. The van der Waals surface area contributed by atoms with Gasteiger partial charge in [-0.1, -0.05) is 18.5 Å². The minimum absolute atomic E-state index is 0.655. The number of alkyl halides is 1. The molecule has 0 fully saturated rings. The molecule has 0 bridgehead atoms. The van der Waals surface area contributed by atoms with Crippen molar-refractivity contribution >= 4 is 36.3 Å². The fourth-order valence-corrected chi connectivity index (χ4v) is 1.34. The van der Waals surface area contributed by atoms with Crippen LogP contribution < -0.4 is 0 Å². The number of halogens is 1. The van der Waals surface area contributed by atoms with Crippen molar-refractivity contribution in [2.45, 2.75) is 18.2 Å². The van der Waals surface area contributed by atoms with E-state index in [1.807, 2.05) is 6.92 Å². The van der Waals surface area contributed by atoms with Crippen LogP contribution in [0.2, 0.25) is 0 Å². The Kier molecular flexibility index (Phi) is 4.34. The van der Waals surface area contributed by atoms with Gasteiger partial charge in [-0.25, -0.2) is 0 Å². The van der Waals surface area contributed by atoms with E-state index in [1.165, 1.54) is 11.8 Å². The molecule has 0 spiro atoms. The maximum absolute atomic E-state index is 5.69. The Hall–Kier alpha value is 0.950. The predicted octanol–water partition coefficient (Wildman–Crippen LogP) is 2.51. The van der Waals surface area contributed by atoms with Crippen LogP contribution in [-0.2, 0) is 4.18 Å². The summed E-state index contributed by atoms with van der Waals surface area (Å²) >= 11 is 10.8. The van der Waals surface area contributed by atoms with Crippen LogP contribution in [0.25, 0.3) is 0 Å². The van der Waals surface area contributed by atoms with Crippen LogP contribution in [0.5, 0.6) is 0 Å². The molecule has 1 unspecified atom stereocenters. The lowest BCUT2D eigenvalue weighted by Crippen LogP contribution is -2.10. The lowest BCUT2D eigenvalue weighted by Gasteiger charge is -2.15. The summed E-state index contributed by atoms with van der Waals surface area (Å²) < 4.78 is 3.95. The fourth-order valence-electron chi connectivity index (χ4n) is 0.284. The molecule has 0 aromatic carbocycles. The van der Waals surface area contributed by atoms with E-state index in [0.717, 1.165) is 5.75 Å². The van der Waals surface area contributed by atoms with Crippen molar-refractivity contribution in [1.82, 2.24) is 0 Å². The number of hydrogen-bond acceptors (Lipinski definition) is 3. The summed E-state index contributed by atoms with van der Waals surface area (Å²) in [5.41, 5.74) is 0. The van der Waals surface area contributed by atoms with Crippen LogP contribution in [0.1, 0.15) is 13.8 Å². The quantitative estimate of drug-likeness (QED) is 0.303. The maximum Gasteiger partial charge on any atom is 0.198 e. The van der Waals surface area contributed by atoms with Crippen LogP contribution in [0.4, 0.5) is 0 Å². The zero-order chi connectivity index (χ0) is 6.62. The lowest BCUT2D eigenvalue weighted by molar-refractivity contribution is 0.329. The fraction of sp³-hybridized carbons (Fsp3) is 1.00. The second-order valence-electron chi connectivity index (χ2n) is 1.36. The van der Waals surface area contributed by atoms with Gasteiger partial charge >= 0.3 is 0 Å². The normalized spacial score (nSPS) is 18.0. The molecule has 50 valence electrons. The van der Waals surface area contributed by atoms with E-state index in [9.17, 15) is 0 Å². The average Bonchev–Trinajstić information content (AvgIpc) is 1.67. The number of hydrogen-bond donors (Lipinski definition) is 1. The van der Waals surface area contributed by atoms with Crippen LogP contribution in [0.3, 0.4) is 0 Å². The van der Waals surface area contributed by atoms with Gasteiger partial charge in [-0.05, 0) is 25.6 Å². The third kappa shape index (κ3) is 3.89. The summed E-state index contributed by atoms with van der Waals surface area (Å²) in [6.45, 7) is 3.77. The molecule has 0 heterocycles. The third-order valence-electron chi connectivity index (χ3n) is 0.565. The summed E-state index contributed by atoms with van der Waals surface area (Å²) in [6, 6.07) is 0. The van der Waals surface area contributed by atoms with Crippen molar-refractivity contribution in [1.29, 1.82) is 0 Å². The van der Waals surface area contributed by atoms with E-state index < -0.39 is 4.39 Å². The molecular weight excluding hydrogens is 164 g/mol. The van der Waals surface area contributed by atoms with Crippen molar-refractivity contribution in [2.75, 3.05) is 5.75 Å². The largest absolute Gasteiger partial charge is 0.285 e. The Balaban J connectivity index is 3.37. The number of thiol groups is 1. The molecule has 0 aliphatic carbocycles. The van der Waals surface area contributed by atoms with Crippen LogP contribution in [0.15, 0.2) is 0 Å². The molecule has 0 N–H and O–H groups in total. The molecule has 0 aliphatic heterocycles. The van der Waals surface area contributed by atoms with E-state index in [-0.39, 0.29) is 0 Å². The first-order valence-corrected chi connectivity index (χ1v) is 4.00. The highest BCUT2D eigenvalue weighted by Gasteiger charge is 2.18. The molecule has 1 atom stereocenters. The Labute approximate surface area is 64.7 Å². The highest BCUT2D eigenvalue weighted by Crippen LogP contribution is 2.31. The van der Waals surface area contributed by atoms with Crippen molar-refractivity contribution in [2.24, 2.45) is 0 Å². The molecule has 0 aromatic rings. The Bertz CT molecular complexity index is 67.1. The van der Waals surface area contributed by atoms with Gasteiger partial charge in [0, 0.05) is 0 Å². The van der Waals surface area contributed by atoms with Crippen molar-refractivity contribution in [3.05, 3.63) is 0 Å². The molecule has 0 radical (unpaired) electrons. The first kappa shape index (κ1) is 8.95. The van der Waals surface area contributed by atoms with Gasteiger partial charge in [0.1, 0.15) is 0 Å². The Morgan fingerprint density at radius 3 is 2.50 bits per heavy atom. The molecule has 1 nitrogen and oxygen atoms in total. The van der Waals surface area contributed by atoms with Gasteiger partial charge in [-0.2, -0.15) is 0 Å². The molecule has 4 heteroatoms. The molecule has 8 heavy (non-hydrogen) atoms. The van der Waals surface area contributed by atoms with Gasteiger partial charge in [0.05, 0.1) is 0 Å². The average molecular weight is 173 g/mol. The second-order valence-corrected chi connectivity index (χ2v) is 4.13. The van der Waals surface area contributed by atoms with E-state index in [0.29, 0.717) is 0 Å². The standard InChI is InChI=1S/C4H9ClOS2/c1-3-8-4(2,5)6-7/h7H,3H2,1-2H3. The van der Waals surface area contributed by atoms with Crippen molar-refractivity contribution < 1.29 is 4.18 Å². The minimum atomic E-state index is -0.655. The highest BCUT2D eigenvalue weighted by molar-refractivity contribution is 8.02. The first-order valence-electron chi connectivity index (χ1n) is 2.28. The molecule has 0 saturated heterocycles. The molecule has 0 rings (SSSR count). The Morgan fingerprint density at radius 2 is 2.38 bits per heavy atom. The van der Waals surface area contributed by atoms with Gasteiger partial charge in [0.15, 0.2) is 4.39 Å². The van der Waals surface area contributed by atoms with Gasteiger partial charge in [0.2, 0.25) is 0 Å². The van der Waals surface area contributed by atoms with Gasteiger partial charge in [-0.3, -0.25) is 4.18 Å². The monoisotopic (exact) mass is 172 g/mol. The smallest absolute Gasteiger partial charge is 0.198 e. The highest BCUT2D eigenvalue weighted by atomic mass is 35.5. The van der Waals surface area contributed by atoms with Gasteiger partial charge in [-0.15, -0.1) is 11.8 Å². The van der Waals surface area contributed by atoms with Gasteiger partial charge < -0.3 is 0 Å². The summed E-state index contributed by atoms with van der Waals surface area (Å²) in [4.78, 5) is 0. The zero-order valence-electron chi connectivity index (χ0n) is 4.85. The first-order chi connectivity index (χ1) is 3.62. The van der Waals surface area contributed by atoms with Crippen LogP contribution in [0, 0.1) is 0 Å². The topological polar surface area (TPSA) is 9.23 Å². The molecule has 0 aliphatic rings. The number of rotatable bonds is 3. The third-order valence-corrected chi connectivity index (χ3v) is 2.45. The predicted molar refractivity (Wildman–Crippen MR) is 42.5 cm³/mol. The van der Waals surface area contributed by atoms with E-state index in [4.69, 9.17) is 11.6 Å². The molecule has 0 aromatic heterocycles. The van der Waals surface area contributed by atoms with E-state index in [2.05, 4.69) is 17.1 Å². The van der Waals surface area contributed by atoms with Gasteiger partial charge in [0.25, 0.3) is 0 Å². The minimum Gasteiger partial charge on any atom is -0.285 e. The summed E-state index contributed by atoms with van der Waals surface area (Å²) in [6.07, 6.45) is 0. The van der Waals surface area contributed by atoms with E-state index >= 15 is 0 Å². The SMILES string of the molecule is CCSC(C)(Cl)OS. The molecular formula is C4H9ClOS2. The zero-order valence-corrected chi connectivity index (χ0v) is 7.32. The van der Waals surface area contributed by atoms with Crippen molar-refractivity contribution in [3.8, 4) is 0 Å². The summed E-state index contributed by atoms with van der Waals surface area (Å²) in [5.74, 6) is 0.931. The molecule has 0 amide bonds. The summed E-state index contributed by atoms with van der Waals surface area (Å²) in [5, 5.41) is 0. The summed E-state index contributed by atoms with van der Waals surface area (Å²) in [7, 11) is 0. The van der Waals surface area contributed by atoms with Crippen LogP contribution in [-0.4, -0.2) is 10.1 Å². The van der Waals surface area contributed by atoms with Crippen LogP contribution >= 0.6 is 36.3 Å². The Morgan fingerprint density at radius 1 is 1.88 bits per heavy atom. The van der Waals surface area contributed by atoms with Crippen molar-refractivity contribution in [3.63, 3.8) is 0 Å². The lowest BCUT2D eigenvalue weighted by atomic mass is 10.9.